The first kappa shape index (κ1) is 34.9. The smallest absolute Gasteiger partial charge is 0.453 e. The quantitative estimate of drug-likeness (QED) is 0.0413. The number of aryl methyl sites for hydroxylation is 1. The summed E-state index contributed by atoms with van der Waals surface area (Å²) in [5.74, 6) is -5.46. The third kappa shape index (κ3) is 11.8. The maximum atomic E-state index is 12.9. The zero-order valence-corrected chi connectivity index (χ0v) is 24.5. The van der Waals surface area contributed by atoms with Crippen molar-refractivity contribution in [2.45, 2.75) is 57.0 Å². The SMILES string of the molecule is Nc1ccc(CCCCCCOC(=O)/C=C/c2ccc(OC(=O)c3ccc(OCCCC(F)(F)C(F)(F)F)cc3)cc2)c(N)c1. The van der Waals surface area contributed by atoms with Crippen LogP contribution in [0, 0.1) is 0 Å². The van der Waals surface area contributed by atoms with Gasteiger partial charge in [0.05, 0.1) is 18.8 Å². The number of carbonyl (C=O) groups excluding carboxylic acids is 2. The molecule has 3 rings (SSSR count). The van der Waals surface area contributed by atoms with Gasteiger partial charge < -0.3 is 25.7 Å². The summed E-state index contributed by atoms with van der Waals surface area (Å²) < 4.78 is 78.3. The van der Waals surface area contributed by atoms with Crippen LogP contribution < -0.4 is 20.9 Å². The average molecular weight is 635 g/mol. The summed E-state index contributed by atoms with van der Waals surface area (Å²) in [4.78, 5) is 24.4. The van der Waals surface area contributed by atoms with Gasteiger partial charge in [0.25, 0.3) is 0 Å². The zero-order valence-electron chi connectivity index (χ0n) is 24.5. The molecule has 0 spiro atoms. The van der Waals surface area contributed by atoms with Gasteiger partial charge in [-0.2, -0.15) is 22.0 Å². The van der Waals surface area contributed by atoms with Gasteiger partial charge in [0.1, 0.15) is 11.5 Å². The first-order valence-electron chi connectivity index (χ1n) is 14.3. The number of unbranched alkanes of at least 4 members (excludes halogenated alkanes) is 3. The minimum Gasteiger partial charge on any atom is -0.494 e. The van der Waals surface area contributed by atoms with E-state index in [0.29, 0.717) is 23.5 Å². The van der Waals surface area contributed by atoms with E-state index in [0.717, 1.165) is 37.7 Å². The van der Waals surface area contributed by atoms with Crippen LogP contribution in [0.2, 0.25) is 0 Å². The Hall–Kier alpha value is -4.61. The van der Waals surface area contributed by atoms with Gasteiger partial charge in [-0.1, -0.05) is 31.0 Å². The number of halogens is 5. The molecule has 0 heterocycles. The summed E-state index contributed by atoms with van der Waals surface area (Å²) in [5.41, 5.74) is 15.0. The molecule has 0 aromatic heterocycles. The van der Waals surface area contributed by atoms with Crippen LogP contribution in [0.25, 0.3) is 6.08 Å². The molecular weight excluding hydrogens is 599 g/mol. The van der Waals surface area contributed by atoms with Crippen LogP contribution in [-0.4, -0.2) is 37.3 Å². The molecule has 7 nitrogen and oxygen atoms in total. The summed E-state index contributed by atoms with van der Waals surface area (Å²) in [6.45, 7) is -0.0345. The van der Waals surface area contributed by atoms with Gasteiger partial charge >= 0.3 is 24.0 Å². The molecule has 45 heavy (non-hydrogen) atoms. The molecule has 12 heteroatoms. The second-order valence-electron chi connectivity index (χ2n) is 10.3. The fourth-order valence-electron chi connectivity index (χ4n) is 4.12. The third-order valence-corrected chi connectivity index (χ3v) is 6.67. The summed E-state index contributed by atoms with van der Waals surface area (Å²) >= 11 is 0. The molecule has 0 saturated carbocycles. The highest BCUT2D eigenvalue weighted by Crippen LogP contribution is 2.38. The largest absolute Gasteiger partial charge is 0.494 e. The Morgan fingerprint density at radius 1 is 0.756 bits per heavy atom. The van der Waals surface area contributed by atoms with Gasteiger partial charge in [-0.05, 0) is 91.4 Å². The van der Waals surface area contributed by atoms with E-state index in [1.165, 1.54) is 30.3 Å². The minimum absolute atomic E-state index is 0.171. The van der Waals surface area contributed by atoms with Crippen LogP contribution in [0.15, 0.2) is 72.8 Å². The maximum Gasteiger partial charge on any atom is 0.453 e. The molecule has 0 fully saturated rings. The predicted octanol–water partition coefficient (Wildman–Crippen LogP) is 7.79. The van der Waals surface area contributed by atoms with Gasteiger partial charge in [-0.25, -0.2) is 9.59 Å². The molecule has 0 saturated heterocycles. The first-order valence-corrected chi connectivity index (χ1v) is 14.3. The van der Waals surface area contributed by atoms with Crippen molar-refractivity contribution in [3.05, 3.63) is 89.5 Å². The molecule has 0 atom stereocenters. The number of rotatable bonds is 16. The lowest BCUT2D eigenvalue weighted by atomic mass is 10.0. The molecule has 0 radical (unpaired) electrons. The fourth-order valence-corrected chi connectivity index (χ4v) is 4.12. The number of alkyl halides is 5. The number of carbonyl (C=O) groups is 2. The predicted molar refractivity (Wildman–Crippen MR) is 161 cm³/mol. The van der Waals surface area contributed by atoms with Crippen molar-refractivity contribution in [3.8, 4) is 11.5 Å². The Bertz CT molecular complexity index is 1420. The van der Waals surface area contributed by atoms with Crippen molar-refractivity contribution in [1.82, 2.24) is 0 Å². The van der Waals surface area contributed by atoms with Gasteiger partial charge in [0.15, 0.2) is 0 Å². The number of benzene rings is 3. The molecule has 242 valence electrons. The standard InChI is InChI=1S/C33H35F5N2O5/c34-32(35,33(36,37)38)19-5-21-43-27-16-11-25(12-17-27)31(42)45-28-14-7-23(8-15-28)9-18-30(41)44-20-4-2-1-3-6-24-10-13-26(39)22-29(24)40/h7-18,22H,1-6,19-21,39-40H2/b18-9+. The topological polar surface area (TPSA) is 114 Å². The minimum atomic E-state index is -5.60. The van der Waals surface area contributed by atoms with Crippen molar-refractivity contribution in [2.24, 2.45) is 0 Å². The van der Waals surface area contributed by atoms with E-state index in [4.69, 9.17) is 25.7 Å². The summed E-state index contributed by atoms with van der Waals surface area (Å²) in [5, 5.41) is 0. The molecule has 0 aliphatic rings. The van der Waals surface area contributed by atoms with E-state index in [9.17, 15) is 31.5 Å². The van der Waals surface area contributed by atoms with Gasteiger partial charge in [-0.3, -0.25) is 0 Å². The number of nitrogens with two attached hydrogens (primary N) is 2. The Labute approximate surface area is 258 Å². The van der Waals surface area contributed by atoms with Crippen molar-refractivity contribution in [2.75, 3.05) is 24.7 Å². The van der Waals surface area contributed by atoms with Gasteiger partial charge in [-0.15, -0.1) is 0 Å². The summed E-state index contributed by atoms with van der Waals surface area (Å²) in [6, 6.07) is 17.5. The molecule has 4 N–H and O–H groups in total. The lowest BCUT2D eigenvalue weighted by Crippen LogP contribution is -2.36. The number of hydrogen-bond donors (Lipinski definition) is 2. The van der Waals surface area contributed by atoms with E-state index in [1.54, 1.807) is 36.4 Å². The van der Waals surface area contributed by atoms with Crippen molar-refractivity contribution < 1.29 is 45.8 Å². The Morgan fingerprint density at radius 2 is 1.42 bits per heavy atom. The van der Waals surface area contributed by atoms with E-state index in [-0.39, 0.29) is 23.7 Å². The van der Waals surface area contributed by atoms with Crippen molar-refractivity contribution >= 4 is 29.4 Å². The van der Waals surface area contributed by atoms with Crippen molar-refractivity contribution in [3.63, 3.8) is 0 Å². The highest BCUT2D eigenvalue weighted by molar-refractivity contribution is 5.91. The molecular formula is C33H35F5N2O5. The monoisotopic (exact) mass is 634 g/mol. The van der Waals surface area contributed by atoms with Crippen LogP contribution in [0.3, 0.4) is 0 Å². The summed E-state index contributed by atoms with van der Waals surface area (Å²) in [7, 11) is 0. The number of ether oxygens (including phenoxy) is 3. The van der Waals surface area contributed by atoms with Crippen LogP contribution in [0.5, 0.6) is 11.5 Å². The molecule has 0 amide bonds. The number of hydrogen-bond acceptors (Lipinski definition) is 7. The Morgan fingerprint density at radius 3 is 2.09 bits per heavy atom. The van der Waals surface area contributed by atoms with Crippen molar-refractivity contribution in [1.29, 1.82) is 0 Å². The Kier molecular flexibility index (Phi) is 12.8. The van der Waals surface area contributed by atoms with Crippen LogP contribution in [0.1, 0.15) is 60.0 Å². The van der Waals surface area contributed by atoms with Crippen LogP contribution in [0.4, 0.5) is 33.3 Å². The van der Waals surface area contributed by atoms with E-state index in [2.05, 4.69) is 0 Å². The maximum absolute atomic E-state index is 12.9. The molecule has 3 aromatic carbocycles. The van der Waals surface area contributed by atoms with Gasteiger partial charge in [0, 0.05) is 23.9 Å². The molecule has 0 bridgehead atoms. The first-order chi connectivity index (χ1) is 21.3. The Balaban J connectivity index is 1.32. The molecule has 0 aliphatic heterocycles. The molecule has 0 unspecified atom stereocenters. The van der Waals surface area contributed by atoms with E-state index in [1.807, 2.05) is 12.1 Å². The average Bonchev–Trinajstić information content (AvgIpc) is 2.99. The van der Waals surface area contributed by atoms with E-state index >= 15 is 0 Å². The highest BCUT2D eigenvalue weighted by atomic mass is 19.4. The third-order valence-electron chi connectivity index (χ3n) is 6.67. The lowest BCUT2D eigenvalue weighted by molar-refractivity contribution is -0.284. The molecule has 3 aromatic rings. The second kappa shape index (κ2) is 16.5. The second-order valence-corrected chi connectivity index (χ2v) is 10.3. The highest BCUT2D eigenvalue weighted by Gasteiger charge is 2.56. The fraction of sp³-hybridized carbons (Fsp3) is 0.333. The number of anilines is 2. The lowest BCUT2D eigenvalue weighted by Gasteiger charge is -2.19. The van der Waals surface area contributed by atoms with Gasteiger partial charge in [0.2, 0.25) is 0 Å². The van der Waals surface area contributed by atoms with Crippen LogP contribution in [-0.2, 0) is 16.0 Å². The molecule has 0 aliphatic carbocycles. The normalized spacial score (nSPS) is 11.8. The zero-order chi connectivity index (χ0) is 32.9. The summed E-state index contributed by atoms with van der Waals surface area (Å²) in [6.07, 6.45) is -0.107. The number of nitrogen functional groups attached to an aromatic ring is 2. The van der Waals surface area contributed by atoms with E-state index < -0.39 is 36.9 Å². The van der Waals surface area contributed by atoms with Crippen LogP contribution >= 0.6 is 0 Å². The number of esters is 2.